The SMILES string of the molecule is Cc1cc(C)cc(-c2cc(-c3c(C)cccc3C)cc(N3CN(c4cccc(Oc5ccc6c7ccc(C(C)(C)C)cc7n(-c7cc(C(C)(C)C)ccn7)c6c5)c4)c4ncccc43)c2)c1. The fourth-order valence-electron chi connectivity index (χ4n) is 9.64. The fraction of sp³-hybridized carbons (Fsp3) is 0.220. The molecule has 0 amide bonds. The number of fused-ring (bicyclic) bond motifs is 4. The van der Waals surface area contributed by atoms with Crippen LogP contribution in [0.1, 0.15) is 74.9 Å². The van der Waals surface area contributed by atoms with E-state index in [1.54, 1.807) is 0 Å². The van der Waals surface area contributed by atoms with E-state index >= 15 is 0 Å². The first-order chi connectivity index (χ1) is 31.1. The van der Waals surface area contributed by atoms with Gasteiger partial charge in [0.25, 0.3) is 0 Å². The van der Waals surface area contributed by atoms with Gasteiger partial charge in [-0.1, -0.05) is 107 Å². The van der Waals surface area contributed by atoms with Crippen molar-refractivity contribution < 1.29 is 4.74 Å². The van der Waals surface area contributed by atoms with Gasteiger partial charge in [-0.15, -0.1) is 0 Å². The van der Waals surface area contributed by atoms with Crippen molar-refractivity contribution in [3.05, 3.63) is 185 Å². The van der Waals surface area contributed by atoms with Crippen LogP contribution in [0.5, 0.6) is 11.5 Å². The Balaban J connectivity index is 1.03. The van der Waals surface area contributed by atoms with Crippen LogP contribution in [0.15, 0.2) is 152 Å². The second kappa shape index (κ2) is 15.8. The summed E-state index contributed by atoms with van der Waals surface area (Å²) < 4.78 is 9.11. The third-order valence-corrected chi connectivity index (χ3v) is 13.0. The molecule has 0 saturated heterocycles. The Hall–Kier alpha value is -7.18. The summed E-state index contributed by atoms with van der Waals surface area (Å²) in [6, 6.07) is 50.6. The molecule has 6 nitrogen and oxygen atoms in total. The highest BCUT2D eigenvalue weighted by Gasteiger charge is 2.30. The lowest BCUT2D eigenvalue weighted by Crippen LogP contribution is -2.24. The lowest BCUT2D eigenvalue weighted by atomic mass is 9.86. The van der Waals surface area contributed by atoms with Gasteiger partial charge in [0.2, 0.25) is 0 Å². The monoisotopic (exact) mass is 851 g/mol. The maximum atomic E-state index is 6.81. The van der Waals surface area contributed by atoms with E-state index in [-0.39, 0.29) is 10.8 Å². The van der Waals surface area contributed by atoms with Gasteiger partial charge in [-0.2, -0.15) is 0 Å². The Bertz CT molecular complexity index is 3270. The molecule has 324 valence electrons. The smallest absolute Gasteiger partial charge is 0.158 e. The Morgan fingerprint density at radius 2 is 1.14 bits per heavy atom. The molecule has 65 heavy (non-hydrogen) atoms. The quantitative estimate of drug-likeness (QED) is 0.160. The summed E-state index contributed by atoms with van der Waals surface area (Å²) in [6.07, 6.45) is 3.82. The third kappa shape index (κ3) is 7.81. The predicted octanol–water partition coefficient (Wildman–Crippen LogP) is 15.8. The first-order valence-electron chi connectivity index (χ1n) is 22.7. The van der Waals surface area contributed by atoms with Crippen molar-refractivity contribution in [3.63, 3.8) is 0 Å². The molecule has 9 aromatic rings. The van der Waals surface area contributed by atoms with Gasteiger partial charge >= 0.3 is 0 Å². The lowest BCUT2D eigenvalue weighted by Gasteiger charge is -2.24. The Labute approximate surface area is 383 Å². The average Bonchev–Trinajstić information content (AvgIpc) is 3.81. The molecule has 0 saturated carbocycles. The van der Waals surface area contributed by atoms with E-state index in [1.165, 1.54) is 61.0 Å². The number of nitrogens with zero attached hydrogens (tertiary/aromatic N) is 5. The Morgan fingerprint density at radius 1 is 0.492 bits per heavy atom. The zero-order valence-electron chi connectivity index (χ0n) is 39.3. The summed E-state index contributed by atoms with van der Waals surface area (Å²) in [5.74, 6) is 3.30. The summed E-state index contributed by atoms with van der Waals surface area (Å²) in [7, 11) is 0. The summed E-state index contributed by atoms with van der Waals surface area (Å²) in [5.41, 5.74) is 17.7. The molecule has 6 aromatic carbocycles. The molecule has 3 aromatic heterocycles. The van der Waals surface area contributed by atoms with Gasteiger partial charge in [-0.3, -0.25) is 4.57 Å². The molecule has 0 fully saturated rings. The number of pyridine rings is 2. The largest absolute Gasteiger partial charge is 0.457 e. The van der Waals surface area contributed by atoms with Crippen LogP contribution >= 0.6 is 0 Å². The number of hydrogen-bond acceptors (Lipinski definition) is 5. The molecule has 1 aliphatic rings. The summed E-state index contributed by atoms with van der Waals surface area (Å²) >= 11 is 0. The van der Waals surface area contributed by atoms with Gasteiger partial charge in [0.1, 0.15) is 24.0 Å². The van der Waals surface area contributed by atoms with Gasteiger partial charge in [0.05, 0.1) is 16.7 Å². The van der Waals surface area contributed by atoms with Crippen molar-refractivity contribution in [2.45, 2.75) is 80.1 Å². The molecule has 0 aliphatic carbocycles. The van der Waals surface area contributed by atoms with E-state index in [0.29, 0.717) is 6.67 Å². The van der Waals surface area contributed by atoms with Crippen LogP contribution in [0.2, 0.25) is 0 Å². The van der Waals surface area contributed by atoms with E-state index in [4.69, 9.17) is 14.7 Å². The predicted molar refractivity (Wildman–Crippen MR) is 272 cm³/mol. The molecular formula is C59H57N5O. The number of ether oxygens (including phenoxy) is 1. The first kappa shape index (κ1) is 41.8. The van der Waals surface area contributed by atoms with Crippen molar-refractivity contribution in [1.82, 2.24) is 14.5 Å². The summed E-state index contributed by atoms with van der Waals surface area (Å²) in [4.78, 5) is 14.6. The summed E-state index contributed by atoms with van der Waals surface area (Å²) in [6.45, 7) is 22.9. The number of aromatic nitrogens is 3. The van der Waals surface area contributed by atoms with Crippen LogP contribution < -0.4 is 14.5 Å². The van der Waals surface area contributed by atoms with Crippen LogP contribution in [0.4, 0.5) is 22.9 Å². The number of rotatable bonds is 7. The molecule has 0 spiro atoms. The molecule has 0 N–H and O–H groups in total. The minimum atomic E-state index is -0.0251. The average molecular weight is 852 g/mol. The first-order valence-corrected chi connectivity index (χ1v) is 22.7. The molecule has 0 unspecified atom stereocenters. The van der Waals surface area contributed by atoms with Crippen LogP contribution in [-0.2, 0) is 10.8 Å². The number of hydrogen-bond donors (Lipinski definition) is 0. The van der Waals surface area contributed by atoms with Crippen molar-refractivity contribution in [2.75, 3.05) is 16.5 Å². The third-order valence-electron chi connectivity index (χ3n) is 13.0. The highest BCUT2D eigenvalue weighted by atomic mass is 16.5. The highest BCUT2D eigenvalue weighted by molar-refractivity contribution is 6.09. The molecular weight excluding hydrogens is 795 g/mol. The minimum absolute atomic E-state index is 0.00813. The van der Waals surface area contributed by atoms with Crippen LogP contribution in [0.25, 0.3) is 49.9 Å². The van der Waals surface area contributed by atoms with E-state index < -0.39 is 0 Å². The van der Waals surface area contributed by atoms with Gasteiger partial charge in [0.15, 0.2) is 5.82 Å². The molecule has 0 radical (unpaired) electrons. The normalized spacial score (nSPS) is 13.0. The minimum Gasteiger partial charge on any atom is -0.457 e. The van der Waals surface area contributed by atoms with Gasteiger partial charge < -0.3 is 14.5 Å². The Morgan fingerprint density at radius 3 is 1.88 bits per heavy atom. The molecule has 6 heteroatoms. The van der Waals surface area contributed by atoms with Crippen molar-refractivity contribution in [3.8, 4) is 39.6 Å². The maximum absolute atomic E-state index is 6.81. The van der Waals surface area contributed by atoms with E-state index in [2.05, 4.69) is 211 Å². The van der Waals surface area contributed by atoms with Crippen molar-refractivity contribution in [2.24, 2.45) is 0 Å². The van der Waals surface area contributed by atoms with Crippen LogP contribution in [0.3, 0.4) is 0 Å². The molecule has 10 rings (SSSR count). The second-order valence-corrected chi connectivity index (χ2v) is 20.0. The van der Waals surface area contributed by atoms with Crippen LogP contribution in [-0.4, -0.2) is 21.2 Å². The highest BCUT2D eigenvalue weighted by Crippen LogP contribution is 2.46. The lowest BCUT2D eigenvalue weighted by molar-refractivity contribution is 0.483. The van der Waals surface area contributed by atoms with E-state index in [9.17, 15) is 0 Å². The molecule has 0 atom stereocenters. The topological polar surface area (TPSA) is 46.4 Å². The number of anilines is 4. The van der Waals surface area contributed by atoms with Crippen molar-refractivity contribution >= 4 is 44.7 Å². The fourth-order valence-corrected chi connectivity index (χ4v) is 9.64. The molecule has 1 aliphatic heterocycles. The van der Waals surface area contributed by atoms with Gasteiger partial charge in [0, 0.05) is 46.7 Å². The van der Waals surface area contributed by atoms with E-state index in [1.807, 2.05) is 24.5 Å². The van der Waals surface area contributed by atoms with Gasteiger partial charge in [-0.25, -0.2) is 9.97 Å². The number of aryl methyl sites for hydroxylation is 4. The summed E-state index contributed by atoms with van der Waals surface area (Å²) in [5, 5.41) is 2.35. The zero-order valence-corrected chi connectivity index (χ0v) is 39.3. The standard InChI is InChI=1S/C59H57N5O/c1-37-26-38(2)28-41(27-37)42-29-43(56-39(3)14-11-15-40(56)4)31-47(30-42)62-36-63(57-52(62)18-13-24-61-57)46-16-12-17-48(34-46)65-49-20-22-51-50-21-19-44(58(5,6)7)32-53(50)64(54(51)35-49)55-33-45(23-25-60-55)59(8,9)10/h11-35H,36H2,1-10H3. The Kier molecular flexibility index (Phi) is 10.2. The second-order valence-electron chi connectivity index (χ2n) is 20.0. The zero-order chi connectivity index (χ0) is 45.4. The molecule has 0 bridgehead atoms. The number of benzene rings is 6. The van der Waals surface area contributed by atoms with Gasteiger partial charge in [-0.05, 0) is 156 Å². The maximum Gasteiger partial charge on any atom is 0.158 e. The molecule has 4 heterocycles. The van der Waals surface area contributed by atoms with E-state index in [0.717, 1.165) is 56.6 Å². The van der Waals surface area contributed by atoms with Crippen molar-refractivity contribution in [1.29, 1.82) is 0 Å². The van der Waals surface area contributed by atoms with Crippen LogP contribution in [0, 0.1) is 27.7 Å².